The third kappa shape index (κ3) is 5.33. The summed E-state index contributed by atoms with van der Waals surface area (Å²) in [5, 5.41) is 2.84. The van der Waals surface area contributed by atoms with E-state index in [2.05, 4.69) is 10.1 Å². The summed E-state index contributed by atoms with van der Waals surface area (Å²) < 4.78 is 57.6. The second kappa shape index (κ2) is 6.55. The fraction of sp³-hybridized carbons (Fsp3) is 0.455. The monoisotopic (exact) mass is 267 g/mol. The van der Waals surface area contributed by atoms with Gasteiger partial charge in [0.2, 0.25) is 0 Å². The Hall–Kier alpha value is -1.34. The van der Waals surface area contributed by atoms with Gasteiger partial charge >= 0.3 is 6.18 Å². The van der Waals surface area contributed by atoms with Gasteiger partial charge in [-0.25, -0.2) is 4.39 Å². The van der Waals surface area contributed by atoms with E-state index in [9.17, 15) is 17.6 Å². The van der Waals surface area contributed by atoms with E-state index in [-0.39, 0.29) is 5.75 Å². The van der Waals surface area contributed by atoms with E-state index in [1.807, 2.05) is 0 Å². The molecule has 1 aromatic rings. The maximum Gasteiger partial charge on any atom is 0.411 e. The van der Waals surface area contributed by atoms with Crippen LogP contribution in [0, 0.1) is 5.82 Å². The summed E-state index contributed by atoms with van der Waals surface area (Å²) in [5.74, 6) is -0.782. The smallest absolute Gasteiger partial charge is 0.411 e. The van der Waals surface area contributed by atoms with E-state index < -0.39 is 25.4 Å². The number of ether oxygens (including phenoxy) is 2. The predicted octanol–water partition coefficient (Wildman–Crippen LogP) is 2.46. The van der Waals surface area contributed by atoms with Crippen LogP contribution >= 0.6 is 0 Å². The molecule has 0 fully saturated rings. The Morgan fingerprint density at radius 2 is 2.00 bits per heavy atom. The number of rotatable bonds is 6. The van der Waals surface area contributed by atoms with Gasteiger partial charge in [-0.05, 0) is 24.7 Å². The molecule has 7 heteroatoms. The molecular weight excluding hydrogens is 254 g/mol. The zero-order chi connectivity index (χ0) is 13.6. The topological polar surface area (TPSA) is 30.5 Å². The molecular formula is C11H13F4NO2. The van der Waals surface area contributed by atoms with Gasteiger partial charge in [0.1, 0.15) is 6.61 Å². The molecule has 0 aromatic heterocycles. The molecule has 102 valence electrons. The van der Waals surface area contributed by atoms with Crippen LogP contribution in [0.15, 0.2) is 18.2 Å². The lowest BCUT2D eigenvalue weighted by molar-refractivity contribution is -0.187. The Morgan fingerprint density at radius 3 is 2.56 bits per heavy atom. The summed E-state index contributed by atoms with van der Waals surface area (Å²) in [6.07, 6.45) is -4.42. The molecule has 0 bridgehead atoms. The fourth-order valence-corrected chi connectivity index (χ4v) is 1.24. The highest BCUT2D eigenvalue weighted by atomic mass is 19.4. The number of alkyl halides is 3. The zero-order valence-electron chi connectivity index (χ0n) is 9.68. The average Bonchev–Trinajstić information content (AvgIpc) is 2.26. The highest BCUT2D eigenvalue weighted by molar-refractivity contribution is 5.29. The van der Waals surface area contributed by atoms with Crippen molar-refractivity contribution in [1.29, 1.82) is 0 Å². The lowest BCUT2D eigenvalue weighted by atomic mass is 10.2. The van der Waals surface area contributed by atoms with Gasteiger partial charge in [-0.3, -0.25) is 0 Å². The number of halogens is 4. The third-order valence-electron chi connectivity index (χ3n) is 1.94. The van der Waals surface area contributed by atoms with Crippen molar-refractivity contribution in [3.8, 4) is 5.75 Å². The Kier molecular flexibility index (Phi) is 5.36. The summed E-state index contributed by atoms with van der Waals surface area (Å²) >= 11 is 0. The summed E-state index contributed by atoms with van der Waals surface area (Å²) in [6, 6.07) is 4.20. The lowest BCUT2D eigenvalue weighted by Gasteiger charge is -2.10. The Labute approximate surface area is 102 Å². The molecule has 0 amide bonds. The number of hydrogen-bond donors (Lipinski definition) is 1. The normalized spacial score (nSPS) is 11.6. The van der Waals surface area contributed by atoms with Crippen molar-refractivity contribution in [1.82, 2.24) is 5.32 Å². The maximum absolute atomic E-state index is 13.4. The van der Waals surface area contributed by atoms with Gasteiger partial charge < -0.3 is 14.8 Å². The minimum Gasteiger partial charge on any atom is -0.464 e. The SMILES string of the molecule is CNCc1ccc(OCOCC(F)(F)F)c(F)c1. The quantitative estimate of drug-likeness (QED) is 0.488. The first kappa shape index (κ1) is 14.7. The highest BCUT2D eigenvalue weighted by Crippen LogP contribution is 2.19. The van der Waals surface area contributed by atoms with Gasteiger partial charge in [-0.1, -0.05) is 6.07 Å². The predicted molar refractivity (Wildman–Crippen MR) is 56.7 cm³/mol. The maximum atomic E-state index is 13.4. The Morgan fingerprint density at radius 1 is 1.28 bits per heavy atom. The molecule has 3 nitrogen and oxygen atoms in total. The van der Waals surface area contributed by atoms with Gasteiger partial charge in [0.25, 0.3) is 0 Å². The van der Waals surface area contributed by atoms with Crippen LogP contribution in [0.3, 0.4) is 0 Å². The van der Waals surface area contributed by atoms with Crippen molar-refractivity contribution in [3.63, 3.8) is 0 Å². The van der Waals surface area contributed by atoms with Gasteiger partial charge in [0.15, 0.2) is 18.4 Å². The van der Waals surface area contributed by atoms with E-state index in [4.69, 9.17) is 4.74 Å². The fourth-order valence-electron chi connectivity index (χ4n) is 1.24. The highest BCUT2D eigenvalue weighted by Gasteiger charge is 2.27. The second-order valence-electron chi connectivity index (χ2n) is 3.52. The molecule has 0 radical (unpaired) electrons. The second-order valence-corrected chi connectivity index (χ2v) is 3.52. The molecule has 0 spiro atoms. The van der Waals surface area contributed by atoms with Crippen LogP contribution in [-0.4, -0.2) is 26.6 Å². The van der Waals surface area contributed by atoms with Crippen LogP contribution in [0.4, 0.5) is 17.6 Å². The minimum atomic E-state index is -4.42. The van der Waals surface area contributed by atoms with Gasteiger partial charge in [0.05, 0.1) is 0 Å². The summed E-state index contributed by atoms with van der Waals surface area (Å²) in [6.45, 7) is -1.59. The molecule has 0 saturated carbocycles. The molecule has 18 heavy (non-hydrogen) atoms. The van der Waals surface area contributed by atoms with E-state index in [0.717, 1.165) is 0 Å². The van der Waals surface area contributed by atoms with Crippen molar-refractivity contribution in [3.05, 3.63) is 29.6 Å². The van der Waals surface area contributed by atoms with Crippen molar-refractivity contribution < 1.29 is 27.0 Å². The van der Waals surface area contributed by atoms with Crippen LogP contribution in [-0.2, 0) is 11.3 Å². The van der Waals surface area contributed by atoms with E-state index in [0.29, 0.717) is 12.1 Å². The van der Waals surface area contributed by atoms with Crippen LogP contribution in [0.2, 0.25) is 0 Å². The van der Waals surface area contributed by atoms with Crippen molar-refractivity contribution in [2.45, 2.75) is 12.7 Å². The molecule has 0 aliphatic carbocycles. The molecule has 0 atom stereocenters. The van der Waals surface area contributed by atoms with Crippen molar-refractivity contribution >= 4 is 0 Å². The molecule has 0 saturated heterocycles. The minimum absolute atomic E-state index is 0.142. The van der Waals surface area contributed by atoms with Crippen LogP contribution < -0.4 is 10.1 Å². The largest absolute Gasteiger partial charge is 0.464 e. The molecule has 0 unspecified atom stereocenters. The first-order valence-corrected chi connectivity index (χ1v) is 5.12. The molecule has 1 aromatic carbocycles. The van der Waals surface area contributed by atoms with E-state index >= 15 is 0 Å². The first-order chi connectivity index (χ1) is 8.42. The number of nitrogens with one attached hydrogen (secondary N) is 1. The summed E-state index contributed by atoms with van der Waals surface area (Å²) in [5.41, 5.74) is 0.707. The Balaban J connectivity index is 2.43. The van der Waals surface area contributed by atoms with Gasteiger partial charge in [-0.2, -0.15) is 13.2 Å². The summed E-state index contributed by atoms with van der Waals surface area (Å²) in [7, 11) is 1.72. The number of benzene rings is 1. The van der Waals surface area contributed by atoms with Crippen LogP contribution in [0.1, 0.15) is 5.56 Å². The number of hydrogen-bond acceptors (Lipinski definition) is 3. The zero-order valence-corrected chi connectivity index (χ0v) is 9.68. The molecule has 1 rings (SSSR count). The van der Waals surface area contributed by atoms with E-state index in [1.165, 1.54) is 12.1 Å². The van der Waals surface area contributed by atoms with Gasteiger partial charge in [0, 0.05) is 6.54 Å². The van der Waals surface area contributed by atoms with Crippen LogP contribution in [0.25, 0.3) is 0 Å². The van der Waals surface area contributed by atoms with E-state index in [1.54, 1.807) is 13.1 Å². The van der Waals surface area contributed by atoms with Crippen LogP contribution in [0.5, 0.6) is 5.75 Å². The summed E-state index contributed by atoms with van der Waals surface area (Å²) in [4.78, 5) is 0. The third-order valence-corrected chi connectivity index (χ3v) is 1.94. The molecule has 0 aliphatic heterocycles. The van der Waals surface area contributed by atoms with Crippen molar-refractivity contribution in [2.24, 2.45) is 0 Å². The molecule has 0 aliphatic rings. The first-order valence-electron chi connectivity index (χ1n) is 5.12. The average molecular weight is 267 g/mol. The van der Waals surface area contributed by atoms with Gasteiger partial charge in [-0.15, -0.1) is 0 Å². The lowest BCUT2D eigenvalue weighted by Crippen LogP contribution is -2.19. The molecule has 1 N–H and O–H groups in total. The molecule has 0 heterocycles. The van der Waals surface area contributed by atoms with Crippen molar-refractivity contribution in [2.75, 3.05) is 20.4 Å². The standard InChI is InChI=1S/C11H13F4NO2/c1-16-5-8-2-3-10(9(12)4-8)18-7-17-6-11(13,14)15/h2-4,16H,5-7H2,1H3. The Bertz CT molecular complexity index is 382.